The summed E-state index contributed by atoms with van der Waals surface area (Å²) in [5.74, 6) is 0. The van der Waals surface area contributed by atoms with Crippen molar-refractivity contribution >= 4 is 17.2 Å². The van der Waals surface area contributed by atoms with Gasteiger partial charge in [-0.3, -0.25) is 9.89 Å². The number of hydrogen-bond donors (Lipinski definition) is 1. The van der Waals surface area contributed by atoms with E-state index in [1.54, 1.807) is 0 Å². The van der Waals surface area contributed by atoms with Crippen LogP contribution >= 0.6 is 11.6 Å². The molecular weight excluding hydrogens is 250 g/mol. The Morgan fingerprint density at radius 2 is 2.00 bits per heavy atom. The molecule has 0 radical (unpaired) electrons. The van der Waals surface area contributed by atoms with Crippen LogP contribution in [0.1, 0.15) is 5.69 Å². The van der Waals surface area contributed by atoms with Crippen LogP contribution in [0.4, 0.5) is 0 Å². The van der Waals surface area contributed by atoms with E-state index < -0.39 is 0 Å². The molecule has 3 rings (SSSR count). The summed E-state index contributed by atoms with van der Waals surface area (Å²) >= 11 is 5.85. The minimum atomic E-state index is -0.213. The van der Waals surface area contributed by atoms with Crippen molar-refractivity contribution in [3.05, 3.63) is 57.6 Å². The van der Waals surface area contributed by atoms with Crippen molar-refractivity contribution in [3.8, 4) is 11.1 Å². The summed E-state index contributed by atoms with van der Waals surface area (Å²) in [5.41, 5.74) is 3.12. The molecule has 90 valence electrons. The summed E-state index contributed by atoms with van der Waals surface area (Å²) in [6.45, 7) is 1.91. The number of nitrogens with one attached hydrogen (secondary N) is 1. The molecule has 0 aliphatic heterocycles. The highest BCUT2D eigenvalue weighted by Gasteiger charge is 2.13. The predicted molar refractivity (Wildman–Crippen MR) is 71.0 cm³/mol. The lowest BCUT2D eigenvalue weighted by Crippen LogP contribution is -2.13. The number of benzene rings is 1. The van der Waals surface area contributed by atoms with Crippen LogP contribution in [0.3, 0.4) is 0 Å². The monoisotopic (exact) mass is 259 g/mol. The predicted octanol–water partition coefficient (Wildman–Crippen LogP) is 2.65. The van der Waals surface area contributed by atoms with Gasteiger partial charge in [0, 0.05) is 17.3 Å². The van der Waals surface area contributed by atoms with Crippen molar-refractivity contribution in [1.82, 2.24) is 14.6 Å². The van der Waals surface area contributed by atoms with Gasteiger partial charge in [0.05, 0.1) is 0 Å². The van der Waals surface area contributed by atoms with Crippen LogP contribution < -0.4 is 5.56 Å². The van der Waals surface area contributed by atoms with Crippen LogP contribution in [0.2, 0.25) is 5.15 Å². The quantitative estimate of drug-likeness (QED) is 0.683. The molecule has 0 atom stereocenters. The lowest BCUT2D eigenvalue weighted by molar-refractivity contribution is 0.881. The van der Waals surface area contributed by atoms with Crippen molar-refractivity contribution in [1.29, 1.82) is 0 Å². The highest BCUT2D eigenvalue weighted by molar-refractivity contribution is 6.29. The van der Waals surface area contributed by atoms with Crippen LogP contribution in [-0.4, -0.2) is 14.6 Å². The second-order valence-electron chi connectivity index (χ2n) is 4.05. The normalized spacial score (nSPS) is 11.0. The van der Waals surface area contributed by atoms with Gasteiger partial charge in [-0.05, 0) is 12.5 Å². The van der Waals surface area contributed by atoms with Gasteiger partial charge in [0.15, 0.2) is 5.65 Å². The van der Waals surface area contributed by atoms with Crippen molar-refractivity contribution in [2.75, 3.05) is 0 Å². The third-order valence-corrected chi connectivity index (χ3v) is 3.02. The number of aryl methyl sites for hydroxylation is 1. The number of aromatic nitrogens is 3. The van der Waals surface area contributed by atoms with Gasteiger partial charge in [-0.1, -0.05) is 41.9 Å². The maximum Gasteiger partial charge on any atom is 0.274 e. The van der Waals surface area contributed by atoms with Gasteiger partial charge in [0.1, 0.15) is 5.15 Å². The van der Waals surface area contributed by atoms with E-state index in [1.807, 2.05) is 37.3 Å². The second-order valence-corrected chi connectivity index (χ2v) is 4.44. The molecule has 0 saturated carbocycles. The molecule has 0 unspecified atom stereocenters. The minimum absolute atomic E-state index is 0.205. The summed E-state index contributed by atoms with van der Waals surface area (Å²) in [5, 5.41) is 3.21. The van der Waals surface area contributed by atoms with Gasteiger partial charge >= 0.3 is 0 Å². The summed E-state index contributed by atoms with van der Waals surface area (Å²) in [4.78, 5) is 16.0. The molecule has 5 heteroatoms. The smallest absolute Gasteiger partial charge is 0.274 e. The number of rotatable bonds is 1. The molecule has 0 saturated heterocycles. The zero-order valence-electron chi connectivity index (χ0n) is 9.64. The van der Waals surface area contributed by atoms with Crippen molar-refractivity contribution in [2.45, 2.75) is 6.92 Å². The average Bonchev–Trinajstić information content (AvgIpc) is 2.67. The maximum absolute atomic E-state index is 11.8. The fourth-order valence-electron chi connectivity index (χ4n) is 2.07. The van der Waals surface area contributed by atoms with Gasteiger partial charge in [-0.15, -0.1) is 0 Å². The molecular formula is C13H10ClN3O. The first-order valence-electron chi connectivity index (χ1n) is 5.50. The van der Waals surface area contributed by atoms with Crippen LogP contribution in [-0.2, 0) is 0 Å². The first-order valence-corrected chi connectivity index (χ1v) is 5.88. The Labute approximate surface area is 108 Å². The first kappa shape index (κ1) is 11.0. The topological polar surface area (TPSA) is 50.2 Å². The fourth-order valence-corrected chi connectivity index (χ4v) is 2.25. The Morgan fingerprint density at radius 3 is 2.72 bits per heavy atom. The summed E-state index contributed by atoms with van der Waals surface area (Å²) in [7, 11) is 0. The van der Waals surface area contributed by atoms with Crippen LogP contribution in [0, 0.1) is 6.92 Å². The molecule has 0 aliphatic rings. The molecule has 1 N–H and O–H groups in total. The molecule has 0 amide bonds. The molecule has 0 aliphatic carbocycles. The standard InChI is InChI=1S/C13H10ClN3O/c1-8-12(9-5-3-2-4-6-9)13-15-10(14)7-11(18)17(13)16-8/h2-7,16H,1H3. The molecule has 1 aromatic carbocycles. The van der Waals surface area contributed by atoms with Gasteiger partial charge in [0.2, 0.25) is 0 Å². The summed E-state index contributed by atoms with van der Waals surface area (Å²) < 4.78 is 1.41. The number of hydrogen-bond acceptors (Lipinski definition) is 2. The highest BCUT2D eigenvalue weighted by atomic mass is 35.5. The Balaban J connectivity index is 2.43. The zero-order valence-corrected chi connectivity index (χ0v) is 10.4. The molecule has 4 nitrogen and oxygen atoms in total. The average molecular weight is 260 g/mol. The second kappa shape index (κ2) is 3.99. The van der Waals surface area contributed by atoms with Gasteiger partial charge < -0.3 is 0 Å². The number of nitrogens with zero attached hydrogens (tertiary/aromatic N) is 2. The van der Waals surface area contributed by atoms with Crippen LogP contribution in [0.15, 0.2) is 41.2 Å². The number of H-pyrrole nitrogens is 1. The Kier molecular flexibility index (Phi) is 2.45. The van der Waals surface area contributed by atoms with E-state index in [0.717, 1.165) is 16.8 Å². The van der Waals surface area contributed by atoms with Gasteiger partial charge in [-0.2, -0.15) is 0 Å². The third-order valence-electron chi connectivity index (χ3n) is 2.83. The van der Waals surface area contributed by atoms with E-state index in [-0.39, 0.29) is 10.7 Å². The number of fused-ring (bicyclic) bond motifs is 1. The lowest BCUT2D eigenvalue weighted by atomic mass is 10.1. The third kappa shape index (κ3) is 1.62. The van der Waals surface area contributed by atoms with Crippen molar-refractivity contribution in [2.24, 2.45) is 0 Å². The Hall–Kier alpha value is -2.07. The lowest BCUT2D eigenvalue weighted by Gasteiger charge is -1.99. The van der Waals surface area contributed by atoms with E-state index in [9.17, 15) is 4.79 Å². The summed E-state index contributed by atoms with van der Waals surface area (Å²) in [6, 6.07) is 11.1. The molecule has 3 aromatic rings. The van der Waals surface area contributed by atoms with Crippen molar-refractivity contribution in [3.63, 3.8) is 0 Å². The Morgan fingerprint density at radius 1 is 1.28 bits per heavy atom. The van der Waals surface area contributed by atoms with E-state index in [4.69, 9.17) is 11.6 Å². The molecule has 2 heterocycles. The van der Waals surface area contributed by atoms with Crippen LogP contribution in [0.5, 0.6) is 0 Å². The highest BCUT2D eigenvalue weighted by Crippen LogP contribution is 2.26. The minimum Gasteiger partial charge on any atom is -0.293 e. The molecule has 0 fully saturated rings. The van der Waals surface area contributed by atoms with E-state index in [2.05, 4.69) is 10.1 Å². The molecule has 18 heavy (non-hydrogen) atoms. The van der Waals surface area contributed by atoms with E-state index in [0.29, 0.717) is 5.65 Å². The number of aromatic amines is 1. The van der Waals surface area contributed by atoms with Crippen molar-refractivity contribution < 1.29 is 0 Å². The molecule has 2 aromatic heterocycles. The van der Waals surface area contributed by atoms with Crippen LogP contribution in [0.25, 0.3) is 16.8 Å². The van der Waals surface area contributed by atoms with E-state index in [1.165, 1.54) is 10.6 Å². The maximum atomic E-state index is 11.8. The first-order chi connectivity index (χ1) is 8.66. The summed E-state index contributed by atoms with van der Waals surface area (Å²) in [6.07, 6.45) is 0. The fraction of sp³-hybridized carbons (Fsp3) is 0.0769. The Bertz CT molecular complexity index is 774. The zero-order chi connectivity index (χ0) is 12.7. The largest absolute Gasteiger partial charge is 0.293 e. The molecule has 0 bridgehead atoms. The SMILES string of the molecule is Cc1[nH]n2c(=O)cc(Cl)nc2c1-c1ccccc1. The number of halogens is 1. The molecule has 0 spiro atoms. The van der Waals surface area contributed by atoms with E-state index >= 15 is 0 Å². The van der Waals surface area contributed by atoms with Gasteiger partial charge in [-0.25, -0.2) is 9.50 Å². The van der Waals surface area contributed by atoms with Gasteiger partial charge in [0.25, 0.3) is 5.56 Å².